The number of likely N-dealkylation sites (N-methyl/N-ethyl adjacent to an activating group) is 1. The molecule has 0 aromatic heterocycles. The van der Waals surface area contributed by atoms with Gasteiger partial charge in [0.2, 0.25) is 0 Å². The van der Waals surface area contributed by atoms with Gasteiger partial charge < -0.3 is 15.5 Å². The van der Waals surface area contributed by atoms with E-state index in [-0.39, 0.29) is 0 Å². The number of nitrogens with one attached hydrogen (secondary N) is 2. The molecule has 4 nitrogen and oxygen atoms in total. The molecule has 0 fully saturated rings. The molecule has 0 saturated carbocycles. The molecule has 1 atom stereocenters. The van der Waals surface area contributed by atoms with E-state index < -0.39 is 0 Å². The van der Waals surface area contributed by atoms with E-state index in [4.69, 9.17) is 0 Å². The smallest absolute Gasteiger partial charge is 0.191 e. The fourth-order valence-corrected chi connectivity index (χ4v) is 1.89. The zero-order chi connectivity index (χ0) is 14.8. The van der Waals surface area contributed by atoms with Crippen LogP contribution < -0.4 is 10.6 Å². The van der Waals surface area contributed by atoms with Gasteiger partial charge in [-0.2, -0.15) is 0 Å². The monoisotopic (exact) mass is 276 g/mol. The number of aliphatic imine (C=N–C) groups is 1. The lowest BCUT2D eigenvalue weighted by Crippen LogP contribution is -2.42. The van der Waals surface area contributed by atoms with Gasteiger partial charge in [-0.1, -0.05) is 44.2 Å². The van der Waals surface area contributed by atoms with Crippen LogP contribution in [-0.4, -0.2) is 51.1 Å². The third kappa shape index (κ3) is 6.06. The van der Waals surface area contributed by atoms with Crippen LogP contribution in [0.1, 0.15) is 25.3 Å². The van der Waals surface area contributed by atoms with Crippen LogP contribution in [0, 0.1) is 0 Å². The van der Waals surface area contributed by atoms with Crippen molar-refractivity contribution in [3.63, 3.8) is 0 Å². The van der Waals surface area contributed by atoms with E-state index in [9.17, 15) is 0 Å². The Morgan fingerprint density at radius 2 is 1.95 bits per heavy atom. The Balaban J connectivity index is 2.31. The number of rotatable bonds is 7. The lowest BCUT2D eigenvalue weighted by atomic mass is 10.0. The summed E-state index contributed by atoms with van der Waals surface area (Å²) in [5.41, 5.74) is 1.35. The maximum absolute atomic E-state index is 4.25. The average Bonchev–Trinajstić information content (AvgIpc) is 2.50. The Hall–Kier alpha value is -1.55. The zero-order valence-electron chi connectivity index (χ0n) is 13.2. The van der Waals surface area contributed by atoms with Gasteiger partial charge in [-0.3, -0.25) is 4.99 Å². The number of nitrogens with zero attached hydrogens (tertiary/aromatic N) is 2. The highest BCUT2D eigenvalue weighted by Crippen LogP contribution is 2.12. The molecule has 2 N–H and O–H groups in total. The van der Waals surface area contributed by atoms with Crippen molar-refractivity contribution in [2.24, 2.45) is 4.99 Å². The van der Waals surface area contributed by atoms with Gasteiger partial charge >= 0.3 is 0 Å². The van der Waals surface area contributed by atoms with Crippen LogP contribution in [-0.2, 0) is 0 Å². The van der Waals surface area contributed by atoms with Gasteiger partial charge in [0.05, 0.1) is 0 Å². The lowest BCUT2D eigenvalue weighted by molar-refractivity contribution is 0.357. The van der Waals surface area contributed by atoms with Crippen molar-refractivity contribution in [2.45, 2.75) is 19.8 Å². The molecular formula is C16H28N4. The molecule has 0 aliphatic heterocycles. The Bertz CT molecular complexity index is 389. The molecule has 4 heteroatoms. The highest BCUT2D eigenvalue weighted by atomic mass is 15.2. The van der Waals surface area contributed by atoms with Crippen molar-refractivity contribution < 1.29 is 0 Å². The maximum atomic E-state index is 4.25. The second-order valence-electron chi connectivity index (χ2n) is 5.09. The summed E-state index contributed by atoms with van der Waals surface area (Å²) in [5.74, 6) is 1.34. The van der Waals surface area contributed by atoms with Crippen LogP contribution in [0.5, 0.6) is 0 Å². The normalized spacial score (nSPS) is 13.3. The Morgan fingerprint density at radius 1 is 1.25 bits per heavy atom. The van der Waals surface area contributed by atoms with Crippen LogP contribution >= 0.6 is 0 Å². The van der Waals surface area contributed by atoms with Gasteiger partial charge in [0.1, 0.15) is 0 Å². The highest BCUT2D eigenvalue weighted by Gasteiger charge is 2.06. The van der Waals surface area contributed by atoms with Crippen molar-refractivity contribution >= 4 is 5.96 Å². The van der Waals surface area contributed by atoms with Gasteiger partial charge in [-0.05, 0) is 25.1 Å². The van der Waals surface area contributed by atoms with Gasteiger partial charge in [-0.15, -0.1) is 0 Å². The van der Waals surface area contributed by atoms with E-state index in [0.717, 1.165) is 32.1 Å². The standard InChI is InChI=1S/C16H28N4/c1-5-20(4)12-11-18-16(17-3)19-13-14(2)15-9-7-6-8-10-15/h6-10,14H,5,11-13H2,1-4H3,(H2,17,18,19). The largest absolute Gasteiger partial charge is 0.356 e. The summed E-state index contributed by atoms with van der Waals surface area (Å²) in [7, 11) is 3.93. The minimum atomic E-state index is 0.466. The van der Waals surface area contributed by atoms with Crippen LogP contribution in [0.3, 0.4) is 0 Å². The van der Waals surface area contributed by atoms with Crippen molar-refractivity contribution in [3.8, 4) is 0 Å². The van der Waals surface area contributed by atoms with E-state index in [1.165, 1.54) is 5.56 Å². The highest BCUT2D eigenvalue weighted by molar-refractivity contribution is 5.79. The lowest BCUT2D eigenvalue weighted by Gasteiger charge is -2.18. The topological polar surface area (TPSA) is 39.7 Å². The van der Waals surface area contributed by atoms with Crippen molar-refractivity contribution in [3.05, 3.63) is 35.9 Å². The van der Waals surface area contributed by atoms with Gasteiger partial charge in [0.25, 0.3) is 0 Å². The van der Waals surface area contributed by atoms with Crippen LogP contribution in [0.2, 0.25) is 0 Å². The molecule has 1 rings (SSSR count). The van der Waals surface area contributed by atoms with E-state index in [2.05, 4.69) is 65.7 Å². The first-order chi connectivity index (χ1) is 9.67. The fraction of sp³-hybridized carbons (Fsp3) is 0.562. The first-order valence-electron chi connectivity index (χ1n) is 7.35. The van der Waals surface area contributed by atoms with Crippen LogP contribution in [0.25, 0.3) is 0 Å². The number of guanidine groups is 1. The maximum Gasteiger partial charge on any atom is 0.191 e. The predicted octanol–water partition coefficient (Wildman–Crippen LogP) is 1.91. The molecule has 1 unspecified atom stereocenters. The summed E-state index contributed by atoms with van der Waals surface area (Å²) in [5, 5.41) is 6.72. The molecule has 20 heavy (non-hydrogen) atoms. The molecule has 0 saturated heterocycles. The van der Waals surface area contributed by atoms with Crippen LogP contribution in [0.15, 0.2) is 35.3 Å². The SMILES string of the molecule is CCN(C)CCNC(=NC)NCC(C)c1ccccc1. The Morgan fingerprint density at radius 3 is 2.55 bits per heavy atom. The molecule has 0 bridgehead atoms. The molecule has 1 aromatic rings. The Labute approximate surface area is 123 Å². The summed E-state index contributed by atoms with van der Waals surface area (Å²) in [4.78, 5) is 6.52. The minimum Gasteiger partial charge on any atom is -0.356 e. The second-order valence-corrected chi connectivity index (χ2v) is 5.09. The summed E-state index contributed by atoms with van der Waals surface area (Å²) < 4.78 is 0. The van der Waals surface area contributed by atoms with E-state index in [1.54, 1.807) is 0 Å². The van der Waals surface area contributed by atoms with Crippen LogP contribution in [0.4, 0.5) is 0 Å². The van der Waals surface area contributed by atoms with Gasteiger partial charge in [-0.25, -0.2) is 0 Å². The molecule has 1 aromatic carbocycles. The van der Waals surface area contributed by atoms with Gasteiger partial charge in [0, 0.05) is 26.7 Å². The number of benzene rings is 1. The fourth-order valence-electron chi connectivity index (χ4n) is 1.89. The summed E-state index contributed by atoms with van der Waals surface area (Å²) in [6, 6.07) is 10.5. The van der Waals surface area contributed by atoms with E-state index in [1.807, 2.05) is 13.1 Å². The average molecular weight is 276 g/mol. The molecule has 0 amide bonds. The molecule has 0 aliphatic rings. The van der Waals surface area contributed by atoms with E-state index in [0.29, 0.717) is 5.92 Å². The molecular weight excluding hydrogens is 248 g/mol. The third-order valence-corrected chi connectivity index (χ3v) is 3.49. The Kier molecular flexibility index (Phi) is 7.73. The number of hydrogen-bond donors (Lipinski definition) is 2. The molecule has 0 spiro atoms. The molecule has 0 aliphatic carbocycles. The summed E-state index contributed by atoms with van der Waals surface area (Å²) in [6.07, 6.45) is 0. The quantitative estimate of drug-likeness (QED) is 0.590. The minimum absolute atomic E-state index is 0.466. The predicted molar refractivity (Wildman–Crippen MR) is 87.4 cm³/mol. The molecule has 0 radical (unpaired) electrons. The second kappa shape index (κ2) is 9.37. The first kappa shape index (κ1) is 16.5. The van der Waals surface area contributed by atoms with E-state index >= 15 is 0 Å². The summed E-state index contributed by atoms with van der Waals surface area (Å²) in [6.45, 7) is 8.26. The van der Waals surface area contributed by atoms with Gasteiger partial charge in [0.15, 0.2) is 5.96 Å². The first-order valence-corrected chi connectivity index (χ1v) is 7.35. The third-order valence-electron chi connectivity index (χ3n) is 3.49. The van der Waals surface area contributed by atoms with Crippen molar-refractivity contribution in [1.82, 2.24) is 15.5 Å². The zero-order valence-corrected chi connectivity index (χ0v) is 13.2. The molecule has 112 valence electrons. The van der Waals surface area contributed by atoms with Crippen molar-refractivity contribution in [1.29, 1.82) is 0 Å². The molecule has 0 heterocycles. The summed E-state index contributed by atoms with van der Waals surface area (Å²) >= 11 is 0. The van der Waals surface area contributed by atoms with Crippen molar-refractivity contribution in [2.75, 3.05) is 40.3 Å². The number of hydrogen-bond acceptors (Lipinski definition) is 2.